The van der Waals surface area contributed by atoms with Crippen molar-refractivity contribution >= 4 is 11.6 Å². The Hall–Kier alpha value is -2.21. The molecule has 2 aromatic rings. The molecule has 6 nitrogen and oxygen atoms in total. The summed E-state index contributed by atoms with van der Waals surface area (Å²) in [5, 5.41) is 8.04. The average Bonchev–Trinajstić information content (AvgIpc) is 3.13. The molecule has 1 aliphatic rings. The Labute approximate surface area is 130 Å². The molecule has 1 amide bonds. The number of rotatable bonds is 5. The highest BCUT2D eigenvalue weighted by molar-refractivity contribution is 5.96. The number of nitrogens with zero attached hydrogens (tertiary/aromatic N) is 5. The quantitative estimate of drug-likeness (QED) is 0.835. The minimum absolute atomic E-state index is 0.134. The molecule has 0 N–H and O–H groups in total. The van der Waals surface area contributed by atoms with E-state index in [2.05, 4.69) is 23.2 Å². The largest absolute Gasteiger partial charge is 0.317 e. The van der Waals surface area contributed by atoms with E-state index in [4.69, 9.17) is 0 Å². The predicted octanol–water partition coefficient (Wildman–Crippen LogP) is 1.32. The lowest BCUT2D eigenvalue weighted by molar-refractivity contribution is -0.119. The van der Waals surface area contributed by atoms with E-state index in [9.17, 15) is 4.79 Å². The van der Waals surface area contributed by atoms with Crippen LogP contribution in [-0.4, -0.2) is 45.7 Å². The van der Waals surface area contributed by atoms with E-state index in [1.54, 1.807) is 6.33 Å². The molecule has 0 radical (unpaired) electrons. The summed E-state index contributed by atoms with van der Waals surface area (Å²) < 4.78 is 1.99. The number of para-hydroxylation sites is 1. The van der Waals surface area contributed by atoms with E-state index in [1.807, 2.05) is 39.6 Å². The number of anilines is 1. The molecule has 0 bridgehead atoms. The zero-order valence-corrected chi connectivity index (χ0v) is 13.1. The lowest BCUT2D eigenvalue weighted by Gasteiger charge is -2.22. The van der Waals surface area contributed by atoms with Gasteiger partial charge in [0.05, 0.1) is 13.1 Å². The molecule has 0 spiro atoms. The van der Waals surface area contributed by atoms with Crippen LogP contribution in [0.3, 0.4) is 0 Å². The van der Waals surface area contributed by atoms with Crippen LogP contribution in [0.1, 0.15) is 18.3 Å². The highest BCUT2D eigenvalue weighted by Crippen LogP contribution is 2.27. The lowest BCUT2D eigenvalue weighted by atomic mass is 10.2. The van der Waals surface area contributed by atoms with Gasteiger partial charge in [-0.1, -0.05) is 18.2 Å². The van der Waals surface area contributed by atoms with Crippen molar-refractivity contribution in [2.75, 3.05) is 25.0 Å². The van der Waals surface area contributed by atoms with Crippen molar-refractivity contribution in [2.24, 2.45) is 0 Å². The Morgan fingerprint density at radius 2 is 2.18 bits per heavy atom. The first kappa shape index (κ1) is 14.7. The van der Waals surface area contributed by atoms with Gasteiger partial charge in [0.1, 0.15) is 12.2 Å². The van der Waals surface area contributed by atoms with Gasteiger partial charge in [-0.15, -0.1) is 10.2 Å². The number of carbonyl (C=O) groups is 1. The van der Waals surface area contributed by atoms with E-state index in [0.717, 1.165) is 31.0 Å². The van der Waals surface area contributed by atoms with Crippen LogP contribution in [0.4, 0.5) is 5.69 Å². The fourth-order valence-corrected chi connectivity index (χ4v) is 2.88. The number of aryl methyl sites for hydroxylation is 1. The maximum absolute atomic E-state index is 12.5. The van der Waals surface area contributed by atoms with E-state index in [-0.39, 0.29) is 5.91 Å². The summed E-state index contributed by atoms with van der Waals surface area (Å²) in [6, 6.07) is 8.12. The standard InChI is InChI=1S/C16H21N5O/c1-3-20-12-17-18-15(20)10-19(2)11-16(22)21-9-8-13-6-4-5-7-14(13)21/h4-7,12H,3,8-11H2,1-2H3. The molecule has 0 aliphatic carbocycles. The molecule has 2 heterocycles. The van der Waals surface area contributed by atoms with Gasteiger partial charge >= 0.3 is 0 Å². The van der Waals surface area contributed by atoms with Crippen LogP contribution < -0.4 is 4.90 Å². The number of aromatic nitrogens is 3. The number of fused-ring (bicyclic) bond motifs is 1. The number of amides is 1. The van der Waals surface area contributed by atoms with Crippen molar-refractivity contribution in [3.63, 3.8) is 0 Å². The third-order valence-electron chi connectivity index (χ3n) is 4.04. The number of hydrogen-bond acceptors (Lipinski definition) is 4. The van der Waals surface area contributed by atoms with Gasteiger partial charge in [-0.05, 0) is 32.0 Å². The fourth-order valence-electron chi connectivity index (χ4n) is 2.88. The van der Waals surface area contributed by atoms with Crippen molar-refractivity contribution in [3.05, 3.63) is 42.0 Å². The molecular weight excluding hydrogens is 278 g/mol. The summed E-state index contributed by atoms with van der Waals surface area (Å²) in [4.78, 5) is 16.4. The Balaban J connectivity index is 1.63. The molecule has 0 fully saturated rings. The van der Waals surface area contributed by atoms with E-state index in [0.29, 0.717) is 13.1 Å². The van der Waals surface area contributed by atoms with E-state index < -0.39 is 0 Å². The number of likely N-dealkylation sites (N-methyl/N-ethyl adjacent to an activating group) is 1. The lowest BCUT2D eigenvalue weighted by Crippen LogP contribution is -2.38. The molecule has 0 saturated heterocycles. The maximum atomic E-state index is 12.5. The van der Waals surface area contributed by atoms with Crippen molar-refractivity contribution in [1.29, 1.82) is 0 Å². The molecule has 0 atom stereocenters. The van der Waals surface area contributed by atoms with Crippen LogP contribution in [0.15, 0.2) is 30.6 Å². The number of benzene rings is 1. The van der Waals surface area contributed by atoms with Gasteiger partial charge in [0.15, 0.2) is 0 Å². The van der Waals surface area contributed by atoms with Crippen LogP contribution >= 0.6 is 0 Å². The van der Waals surface area contributed by atoms with Crippen LogP contribution in [0.2, 0.25) is 0 Å². The second-order valence-corrected chi connectivity index (χ2v) is 5.63. The van der Waals surface area contributed by atoms with Crippen molar-refractivity contribution in [2.45, 2.75) is 26.4 Å². The van der Waals surface area contributed by atoms with Gasteiger partial charge < -0.3 is 9.47 Å². The summed E-state index contributed by atoms with van der Waals surface area (Å²) in [6.45, 7) is 4.67. The van der Waals surface area contributed by atoms with Gasteiger partial charge in [-0.25, -0.2) is 0 Å². The zero-order valence-electron chi connectivity index (χ0n) is 13.1. The van der Waals surface area contributed by atoms with Gasteiger partial charge in [0.2, 0.25) is 5.91 Å². The Bertz CT molecular complexity index is 666. The van der Waals surface area contributed by atoms with E-state index in [1.165, 1.54) is 5.56 Å². The van der Waals surface area contributed by atoms with Gasteiger partial charge in [-0.2, -0.15) is 0 Å². The van der Waals surface area contributed by atoms with Crippen LogP contribution in [0.5, 0.6) is 0 Å². The summed E-state index contributed by atoms with van der Waals surface area (Å²) in [6.07, 6.45) is 2.66. The van der Waals surface area contributed by atoms with Crippen LogP contribution in [0.25, 0.3) is 0 Å². The van der Waals surface area contributed by atoms with Crippen LogP contribution in [-0.2, 0) is 24.3 Å². The molecular formula is C16H21N5O. The Morgan fingerprint density at radius 3 is 3.00 bits per heavy atom. The average molecular weight is 299 g/mol. The summed E-state index contributed by atoms with van der Waals surface area (Å²) in [5.74, 6) is 1.02. The van der Waals surface area contributed by atoms with E-state index >= 15 is 0 Å². The third kappa shape index (κ3) is 2.87. The molecule has 6 heteroatoms. The van der Waals surface area contributed by atoms with Gasteiger partial charge in [0, 0.05) is 18.8 Å². The first-order valence-corrected chi connectivity index (χ1v) is 7.62. The topological polar surface area (TPSA) is 54.3 Å². The summed E-state index contributed by atoms with van der Waals surface area (Å²) in [5.41, 5.74) is 2.31. The minimum Gasteiger partial charge on any atom is -0.317 e. The molecule has 0 unspecified atom stereocenters. The van der Waals surface area contributed by atoms with Crippen molar-refractivity contribution < 1.29 is 4.79 Å². The molecule has 1 aromatic carbocycles. The van der Waals surface area contributed by atoms with Gasteiger partial charge in [0.25, 0.3) is 0 Å². The maximum Gasteiger partial charge on any atom is 0.241 e. The minimum atomic E-state index is 0.134. The second-order valence-electron chi connectivity index (χ2n) is 5.63. The fraction of sp³-hybridized carbons (Fsp3) is 0.438. The summed E-state index contributed by atoms with van der Waals surface area (Å²) in [7, 11) is 1.94. The first-order valence-electron chi connectivity index (χ1n) is 7.62. The highest BCUT2D eigenvalue weighted by Gasteiger charge is 2.24. The number of carbonyl (C=O) groups excluding carboxylic acids is 1. The molecule has 1 aromatic heterocycles. The molecule has 116 valence electrons. The predicted molar refractivity (Wildman–Crippen MR) is 84.5 cm³/mol. The monoisotopic (exact) mass is 299 g/mol. The molecule has 0 saturated carbocycles. The smallest absolute Gasteiger partial charge is 0.241 e. The zero-order chi connectivity index (χ0) is 15.5. The van der Waals surface area contributed by atoms with Gasteiger partial charge in [-0.3, -0.25) is 9.69 Å². The Kier molecular flexibility index (Phi) is 4.20. The molecule has 22 heavy (non-hydrogen) atoms. The van der Waals surface area contributed by atoms with Crippen molar-refractivity contribution in [1.82, 2.24) is 19.7 Å². The second kappa shape index (κ2) is 6.27. The third-order valence-corrected chi connectivity index (χ3v) is 4.04. The Morgan fingerprint density at radius 1 is 1.36 bits per heavy atom. The normalized spacial score (nSPS) is 13.7. The summed E-state index contributed by atoms with van der Waals surface area (Å²) >= 11 is 0. The number of hydrogen-bond donors (Lipinski definition) is 0. The SMILES string of the molecule is CCn1cnnc1CN(C)CC(=O)N1CCc2ccccc21. The first-order chi connectivity index (χ1) is 10.7. The molecule has 1 aliphatic heterocycles. The highest BCUT2D eigenvalue weighted by atomic mass is 16.2. The molecule has 3 rings (SSSR count). The van der Waals surface area contributed by atoms with Crippen molar-refractivity contribution in [3.8, 4) is 0 Å². The van der Waals surface area contributed by atoms with Crippen LogP contribution in [0, 0.1) is 0 Å².